The Hall–Kier alpha value is -3.22. The summed E-state index contributed by atoms with van der Waals surface area (Å²) in [5, 5.41) is 5.60. The average Bonchev–Trinajstić information content (AvgIpc) is 3.07. The summed E-state index contributed by atoms with van der Waals surface area (Å²) in [6.07, 6.45) is 0.404. The first kappa shape index (κ1) is 18.6. The van der Waals surface area contributed by atoms with Gasteiger partial charge in [0.15, 0.2) is 0 Å². The molecule has 2 N–H and O–H groups in total. The maximum absolute atomic E-state index is 12.3. The molecule has 1 aliphatic heterocycles. The summed E-state index contributed by atoms with van der Waals surface area (Å²) >= 11 is 0. The van der Waals surface area contributed by atoms with Gasteiger partial charge in [0.1, 0.15) is 11.5 Å². The molecular formula is C20H23N3O4. The number of hydrogen-bond donors (Lipinski definition) is 2. The molecule has 3 rings (SSSR count). The van der Waals surface area contributed by atoms with Gasteiger partial charge in [0.05, 0.1) is 19.9 Å². The summed E-state index contributed by atoms with van der Waals surface area (Å²) in [5.41, 5.74) is 1.43. The lowest BCUT2D eigenvalue weighted by atomic mass is 10.1. The number of nitrogens with one attached hydrogen (secondary N) is 2. The van der Waals surface area contributed by atoms with Crippen LogP contribution in [0.1, 0.15) is 6.42 Å². The van der Waals surface area contributed by atoms with E-state index in [-0.39, 0.29) is 17.9 Å². The summed E-state index contributed by atoms with van der Waals surface area (Å²) in [6, 6.07) is 14.3. The molecule has 0 aliphatic carbocycles. The minimum atomic E-state index is -0.324. The average molecular weight is 369 g/mol. The first-order valence-electron chi connectivity index (χ1n) is 8.73. The van der Waals surface area contributed by atoms with Gasteiger partial charge >= 0.3 is 6.03 Å². The van der Waals surface area contributed by atoms with Crippen LogP contribution in [0, 0.1) is 5.92 Å². The summed E-state index contributed by atoms with van der Waals surface area (Å²) in [6.45, 7) is 0.986. The van der Waals surface area contributed by atoms with Crippen LogP contribution in [-0.2, 0) is 4.79 Å². The van der Waals surface area contributed by atoms with Gasteiger partial charge in [0, 0.05) is 31.1 Å². The highest BCUT2D eigenvalue weighted by molar-refractivity contribution is 5.96. The number of methoxy groups -OCH3 is 2. The molecule has 2 aromatic rings. The van der Waals surface area contributed by atoms with Crippen LogP contribution in [0.3, 0.4) is 0 Å². The Bertz CT molecular complexity index is 807. The molecule has 27 heavy (non-hydrogen) atoms. The zero-order valence-electron chi connectivity index (χ0n) is 15.4. The number of carbonyl (C=O) groups is 2. The van der Waals surface area contributed by atoms with Gasteiger partial charge in [-0.2, -0.15) is 0 Å². The van der Waals surface area contributed by atoms with Crippen molar-refractivity contribution in [1.29, 1.82) is 0 Å². The van der Waals surface area contributed by atoms with Crippen LogP contribution in [0.25, 0.3) is 0 Å². The monoisotopic (exact) mass is 369 g/mol. The molecule has 1 atom stereocenters. The molecule has 1 unspecified atom stereocenters. The van der Waals surface area contributed by atoms with E-state index in [0.717, 1.165) is 11.4 Å². The molecule has 0 saturated carbocycles. The standard InChI is InChI=1S/C20H23N3O4/c1-26-16-9-7-15(8-10-16)23-13-14(11-19(23)24)12-21-20(25)22-17-5-3-4-6-18(17)27-2/h3-10,14H,11-13H2,1-2H3,(H2,21,22,25). The Kier molecular flexibility index (Phi) is 5.80. The predicted molar refractivity (Wildman–Crippen MR) is 103 cm³/mol. The number of carbonyl (C=O) groups excluding carboxylic acids is 2. The Morgan fingerprint density at radius 1 is 1.11 bits per heavy atom. The first-order valence-corrected chi connectivity index (χ1v) is 8.73. The van der Waals surface area contributed by atoms with Crippen LogP contribution in [0.4, 0.5) is 16.2 Å². The Morgan fingerprint density at radius 3 is 2.56 bits per heavy atom. The molecule has 0 radical (unpaired) electrons. The second-order valence-electron chi connectivity index (χ2n) is 6.31. The molecule has 142 valence electrons. The van der Waals surface area contributed by atoms with E-state index in [9.17, 15) is 9.59 Å². The van der Waals surface area contributed by atoms with Crippen LogP contribution in [-0.4, -0.2) is 39.2 Å². The van der Waals surface area contributed by atoms with Crippen molar-refractivity contribution in [3.05, 3.63) is 48.5 Å². The fourth-order valence-electron chi connectivity index (χ4n) is 3.08. The van der Waals surface area contributed by atoms with E-state index in [4.69, 9.17) is 9.47 Å². The quantitative estimate of drug-likeness (QED) is 0.821. The lowest BCUT2D eigenvalue weighted by Crippen LogP contribution is -2.34. The molecule has 0 spiro atoms. The number of benzene rings is 2. The number of ether oxygens (including phenoxy) is 2. The van der Waals surface area contributed by atoms with Crippen LogP contribution in [0.5, 0.6) is 11.5 Å². The maximum atomic E-state index is 12.3. The van der Waals surface area contributed by atoms with E-state index in [2.05, 4.69) is 10.6 Å². The molecule has 1 saturated heterocycles. The number of anilines is 2. The van der Waals surface area contributed by atoms with Gasteiger partial charge in [-0.1, -0.05) is 12.1 Å². The van der Waals surface area contributed by atoms with Crippen molar-refractivity contribution >= 4 is 23.3 Å². The number of nitrogens with zero attached hydrogens (tertiary/aromatic N) is 1. The number of urea groups is 1. The Labute approximate surface area is 158 Å². The third kappa shape index (κ3) is 4.49. The normalized spacial score (nSPS) is 16.1. The van der Waals surface area contributed by atoms with E-state index in [0.29, 0.717) is 30.9 Å². The van der Waals surface area contributed by atoms with Crippen molar-refractivity contribution < 1.29 is 19.1 Å². The third-order valence-corrected chi connectivity index (χ3v) is 4.50. The molecule has 1 fully saturated rings. The van der Waals surface area contributed by atoms with Gasteiger partial charge in [0.25, 0.3) is 0 Å². The SMILES string of the molecule is COc1ccc(N2CC(CNC(=O)Nc3ccccc3OC)CC2=O)cc1. The zero-order valence-corrected chi connectivity index (χ0v) is 15.4. The molecule has 7 heteroatoms. The van der Waals surface area contributed by atoms with Crippen LogP contribution in [0.2, 0.25) is 0 Å². The van der Waals surface area contributed by atoms with Gasteiger partial charge < -0.3 is 25.0 Å². The number of hydrogen-bond acceptors (Lipinski definition) is 4. The minimum absolute atomic E-state index is 0.0529. The second kappa shape index (κ2) is 8.44. The molecule has 0 aromatic heterocycles. The van der Waals surface area contributed by atoms with E-state index >= 15 is 0 Å². The van der Waals surface area contributed by atoms with Crippen molar-refractivity contribution in [3.63, 3.8) is 0 Å². The molecule has 1 heterocycles. The largest absolute Gasteiger partial charge is 0.497 e. The first-order chi connectivity index (χ1) is 13.1. The van der Waals surface area contributed by atoms with Crippen molar-refractivity contribution in [2.24, 2.45) is 5.92 Å². The Balaban J connectivity index is 1.53. The van der Waals surface area contributed by atoms with Crippen molar-refractivity contribution in [1.82, 2.24) is 5.32 Å². The van der Waals surface area contributed by atoms with Crippen LogP contribution in [0.15, 0.2) is 48.5 Å². The van der Waals surface area contributed by atoms with Gasteiger partial charge in [-0.05, 0) is 36.4 Å². The smallest absolute Gasteiger partial charge is 0.319 e. The van der Waals surface area contributed by atoms with Crippen LogP contribution >= 0.6 is 0 Å². The van der Waals surface area contributed by atoms with Gasteiger partial charge in [0.2, 0.25) is 5.91 Å². The van der Waals surface area contributed by atoms with E-state index in [1.54, 1.807) is 31.3 Å². The predicted octanol–water partition coefficient (Wildman–Crippen LogP) is 2.88. The molecule has 2 aromatic carbocycles. The number of amides is 3. The van der Waals surface area contributed by atoms with Gasteiger partial charge in [-0.15, -0.1) is 0 Å². The highest BCUT2D eigenvalue weighted by atomic mass is 16.5. The summed E-state index contributed by atoms with van der Waals surface area (Å²) < 4.78 is 10.4. The van der Waals surface area contributed by atoms with Crippen molar-refractivity contribution in [2.45, 2.75) is 6.42 Å². The second-order valence-corrected chi connectivity index (χ2v) is 6.31. The fourth-order valence-corrected chi connectivity index (χ4v) is 3.08. The van der Waals surface area contributed by atoms with E-state index in [1.807, 2.05) is 36.4 Å². The Morgan fingerprint density at radius 2 is 1.85 bits per heavy atom. The third-order valence-electron chi connectivity index (χ3n) is 4.50. The molecule has 1 aliphatic rings. The summed E-state index contributed by atoms with van der Waals surface area (Å²) in [5.74, 6) is 1.45. The van der Waals surface area contributed by atoms with Gasteiger partial charge in [-0.25, -0.2) is 4.79 Å². The minimum Gasteiger partial charge on any atom is -0.497 e. The number of para-hydroxylation sites is 2. The van der Waals surface area contributed by atoms with Crippen LogP contribution < -0.4 is 25.0 Å². The lowest BCUT2D eigenvalue weighted by Gasteiger charge is -2.17. The zero-order chi connectivity index (χ0) is 19.2. The highest BCUT2D eigenvalue weighted by Gasteiger charge is 2.30. The molecule has 3 amide bonds. The van der Waals surface area contributed by atoms with Crippen molar-refractivity contribution in [3.8, 4) is 11.5 Å². The molecular weight excluding hydrogens is 346 g/mol. The highest BCUT2D eigenvalue weighted by Crippen LogP contribution is 2.27. The summed E-state index contributed by atoms with van der Waals surface area (Å²) in [7, 11) is 3.16. The molecule has 7 nitrogen and oxygen atoms in total. The van der Waals surface area contributed by atoms with E-state index < -0.39 is 0 Å². The number of rotatable bonds is 6. The van der Waals surface area contributed by atoms with Gasteiger partial charge in [-0.3, -0.25) is 4.79 Å². The summed E-state index contributed by atoms with van der Waals surface area (Å²) in [4.78, 5) is 26.2. The van der Waals surface area contributed by atoms with Crippen molar-refractivity contribution in [2.75, 3.05) is 37.5 Å². The maximum Gasteiger partial charge on any atom is 0.319 e. The topological polar surface area (TPSA) is 79.9 Å². The fraction of sp³-hybridized carbons (Fsp3) is 0.300. The lowest BCUT2D eigenvalue weighted by molar-refractivity contribution is -0.117. The van der Waals surface area contributed by atoms with E-state index in [1.165, 1.54) is 0 Å². The molecule has 0 bridgehead atoms.